The highest BCUT2D eigenvalue weighted by atomic mass is 16.5. The molecule has 0 radical (unpaired) electrons. The number of nitrogens with zero attached hydrogens (tertiary/aromatic N) is 3. The second-order valence-electron chi connectivity index (χ2n) is 7.41. The zero-order valence-electron chi connectivity index (χ0n) is 15.2. The molecule has 1 amide bonds. The van der Waals surface area contributed by atoms with Gasteiger partial charge in [0.15, 0.2) is 6.61 Å². The molecule has 1 N–H and O–H groups in total. The lowest BCUT2D eigenvalue weighted by molar-refractivity contribution is -0.135. The molecule has 1 aromatic carbocycles. The Balaban J connectivity index is 1.47. The van der Waals surface area contributed by atoms with Crippen LogP contribution in [0.25, 0.3) is 0 Å². The van der Waals surface area contributed by atoms with Gasteiger partial charge in [0.25, 0.3) is 5.91 Å². The third kappa shape index (κ3) is 3.46. The number of carbonyl (C=O) groups excluding carboxylic acids is 1. The van der Waals surface area contributed by atoms with Gasteiger partial charge in [0.05, 0.1) is 6.54 Å². The van der Waals surface area contributed by atoms with Crippen LogP contribution in [0.1, 0.15) is 25.1 Å². The zero-order chi connectivity index (χ0) is 18.0. The fraction of sp³-hybridized carbons (Fsp3) is 0.500. The van der Waals surface area contributed by atoms with Crippen LogP contribution in [0.3, 0.4) is 0 Å². The van der Waals surface area contributed by atoms with E-state index in [1.54, 1.807) is 6.20 Å². The van der Waals surface area contributed by atoms with E-state index >= 15 is 0 Å². The maximum atomic E-state index is 13.0. The van der Waals surface area contributed by atoms with Crippen molar-refractivity contribution in [2.75, 3.05) is 19.7 Å². The second kappa shape index (κ2) is 7.11. The molecule has 4 rings (SSSR count). The van der Waals surface area contributed by atoms with Crippen molar-refractivity contribution in [1.29, 1.82) is 0 Å². The third-order valence-corrected chi connectivity index (χ3v) is 5.78. The lowest BCUT2D eigenvalue weighted by atomic mass is 9.93. The molecule has 1 aliphatic heterocycles. The van der Waals surface area contributed by atoms with Crippen LogP contribution in [-0.4, -0.2) is 46.1 Å². The Morgan fingerprint density at radius 3 is 2.81 bits per heavy atom. The summed E-state index contributed by atoms with van der Waals surface area (Å²) in [6, 6.07) is 9.82. The van der Waals surface area contributed by atoms with Crippen LogP contribution in [0.5, 0.6) is 5.75 Å². The largest absolute Gasteiger partial charge is 0.484 e. The van der Waals surface area contributed by atoms with E-state index in [1.807, 2.05) is 53.0 Å². The van der Waals surface area contributed by atoms with E-state index in [1.165, 1.54) is 0 Å². The van der Waals surface area contributed by atoms with Crippen LogP contribution in [0.15, 0.2) is 42.7 Å². The Bertz CT molecular complexity index is 752. The number of piperidine rings is 1. The standard InChI is InChI=1S/C20H26N4O2/c1-23-12-11-22-18(23)14-24(17-13-20(17)7-9-21-10-8-20)19(25)15-26-16-5-3-2-4-6-16/h2-6,11-12,17,21H,7-10,13-15H2,1H3/t17-/m1/s1. The lowest BCUT2D eigenvalue weighted by Gasteiger charge is -2.29. The quantitative estimate of drug-likeness (QED) is 0.862. The smallest absolute Gasteiger partial charge is 0.261 e. The first kappa shape index (κ1) is 17.1. The van der Waals surface area contributed by atoms with Crippen molar-refractivity contribution in [3.63, 3.8) is 0 Å². The van der Waals surface area contributed by atoms with Gasteiger partial charge >= 0.3 is 0 Å². The van der Waals surface area contributed by atoms with Gasteiger partial charge in [-0.05, 0) is 49.9 Å². The summed E-state index contributed by atoms with van der Waals surface area (Å²) in [5, 5.41) is 3.43. The minimum Gasteiger partial charge on any atom is -0.484 e. The molecule has 2 aliphatic rings. The number of aromatic nitrogens is 2. The van der Waals surface area contributed by atoms with E-state index in [9.17, 15) is 4.79 Å². The number of hydrogen-bond acceptors (Lipinski definition) is 4. The SMILES string of the molecule is Cn1ccnc1CN(C(=O)COc1ccccc1)[C@@H]1CC12CCNCC2. The van der Waals surface area contributed by atoms with Crippen LogP contribution < -0.4 is 10.1 Å². The second-order valence-corrected chi connectivity index (χ2v) is 7.41. The number of nitrogens with one attached hydrogen (secondary N) is 1. The highest BCUT2D eigenvalue weighted by Crippen LogP contribution is 2.56. The number of benzene rings is 1. The van der Waals surface area contributed by atoms with Crippen molar-refractivity contribution in [1.82, 2.24) is 19.8 Å². The third-order valence-electron chi connectivity index (χ3n) is 5.78. The summed E-state index contributed by atoms with van der Waals surface area (Å²) in [4.78, 5) is 19.4. The number of para-hydroxylation sites is 1. The van der Waals surface area contributed by atoms with Crippen molar-refractivity contribution in [3.8, 4) is 5.75 Å². The fourth-order valence-corrected chi connectivity index (χ4v) is 4.05. The number of rotatable bonds is 6. The Labute approximate surface area is 154 Å². The molecular weight excluding hydrogens is 328 g/mol. The van der Waals surface area contributed by atoms with Gasteiger partial charge in [-0.1, -0.05) is 18.2 Å². The van der Waals surface area contributed by atoms with Crippen LogP contribution in [0.2, 0.25) is 0 Å². The van der Waals surface area contributed by atoms with Crippen molar-refractivity contribution >= 4 is 5.91 Å². The average molecular weight is 354 g/mol. The monoisotopic (exact) mass is 354 g/mol. The first-order valence-corrected chi connectivity index (χ1v) is 9.32. The number of imidazole rings is 1. The first-order chi connectivity index (χ1) is 12.7. The topological polar surface area (TPSA) is 59.4 Å². The Morgan fingerprint density at radius 1 is 1.35 bits per heavy atom. The maximum absolute atomic E-state index is 13.0. The summed E-state index contributed by atoms with van der Waals surface area (Å²) < 4.78 is 7.70. The van der Waals surface area contributed by atoms with Crippen LogP contribution in [-0.2, 0) is 18.4 Å². The summed E-state index contributed by atoms with van der Waals surface area (Å²) in [6.45, 7) is 2.70. The molecule has 6 heteroatoms. The fourth-order valence-electron chi connectivity index (χ4n) is 4.05. The molecule has 2 aromatic rings. The summed E-state index contributed by atoms with van der Waals surface area (Å²) in [5.74, 6) is 1.68. The van der Waals surface area contributed by atoms with Gasteiger partial charge < -0.3 is 19.5 Å². The molecule has 1 atom stereocenters. The van der Waals surface area contributed by atoms with E-state index in [0.717, 1.165) is 43.9 Å². The summed E-state index contributed by atoms with van der Waals surface area (Å²) in [5.41, 5.74) is 0.290. The van der Waals surface area contributed by atoms with Crippen molar-refractivity contribution < 1.29 is 9.53 Å². The molecule has 0 unspecified atom stereocenters. The number of aryl methyl sites for hydroxylation is 1. The molecule has 1 aromatic heterocycles. The highest BCUT2D eigenvalue weighted by molar-refractivity contribution is 5.78. The molecule has 2 fully saturated rings. The van der Waals surface area contributed by atoms with Gasteiger partial charge in [0.1, 0.15) is 11.6 Å². The maximum Gasteiger partial charge on any atom is 0.261 e. The van der Waals surface area contributed by atoms with E-state index in [0.29, 0.717) is 18.0 Å². The van der Waals surface area contributed by atoms with Gasteiger partial charge in [0, 0.05) is 25.5 Å². The van der Waals surface area contributed by atoms with Gasteiger partial charge in [-0.2, -0.15) is 0 Å². The minimum atomic E-state index is 0.0391. The summed E-state index contributed by atoms with van der Waals surface area (Å²) >= 11 is 0. The van der Waals surface area contributed by atoms with Crippen LogP contribution in [0, 0.1) is 5.41 Å². The minimum absolute atomic E-state index is 0.0391. The predicted octanol–water partition coefficient (Wildman–Crippen LogP) is 1.97. The van der Waals surface area contributed by atoms with Crippen molar-refractivity contribution in [3.05, 3.63) is 48.5 Å². The molecule has 1 spiro atoms. The average Bonchev–Trinajstić information content (AvgIpc) is 3.18. The Kier molecular flexibility index (Phi) is 4.68. The van der Waals surface area contributed by atoms with E-state index in [4.69, 9.17) is 4.74 Å². The van der Waals surface area contributed by atoms with Gasteiger partial charge in [-0.15, -0.1) is 0 Å². The number of amides is 1. The van der Waals surface area contributed by atoms with Gasteiger partial charge in [0.2, 0.25) is 0 Å². The van der Waals surface area contributed by atoms with E-state index in [2.05, 4.69) is 10.3 Å². The van der Waals surface area contributed by atoms with Gasteiger partial charge in [-0.25, -0.2) is 4.98 Å². The first-order valence-electron chi connectivity index (χ1n) is 9.32. The molecule has 26 heavy (non-hydrogen) atoms. The van der Waals surface area contributed by atoms with Crippen molar-refractivity contribution in [2.24, 2.45) is 12.5 Å². The van der Waals surface area contributed by atoms with Crippen LogP contribution in [0.4, 0.5) is 0 Å². The Hall–Kier alpha value is -2.34. The predicted molar refractivity (Wildman–Crippen MR) is 98.6 cm³/mol. The number of carbonyl (C=O) groups is 1. The molecule has 138 valence electrons. The molecule has 0 bridgehead atoms. The van der Waals surface area contributed by atoms with E-state index < -0.39 is 0 Å². The molecular formula is C20H26N4O2. The number of ether oxygens (including phenoxy) is 1. The normalized spacial score (nSPS) is 20.7. The molecule has 6 nitrogen and oxygen atoms in total. The van der Waals surface area contributed by atoms with Crippen molar-refractivity contribution in [2.45, 2.75) is 31.8 Å². The van der Waals surface area contributed by atoms with E-state index in [-0.39, 0.29) is 12.5 Å². The van der Waals surface area contributed by atoms with Crippen LogP contribution >= 0.6 is 0 Å². The van der Waals surface area contributed by atoms with Gasteiger partial charge in [-0.3, -0.25) is 4.79 Å². The summed E-state index contributed by atoms with van der Waals surface area (Å²) in [6.07, 6.45) is 7.08. The molecule has 2 heterocycles. The summed E-state index contributed by atoms with van der Waals surface area (Å²) in [7, 11) is 1.97. The number of hydrogen-bond donors (Lipinski definition) is 1. The highest BCUT2D eigenvalue weighted by Gasteiger charge is 2.57. The molecule has 1 aliphatic carbocycles. The molecule has 1 saturated heterocycles. The lowest BCUT2D eigenvalue weighted by Crippen LogP contribution is -2.41. The zero-order valence-corrected chi connectivity index (χ0v) is 15.2. The molecule has 1 saturated carbocycles. The Morgan fingerprint density at radius 2 is 2.12 bits per heavy atom.